The summed E-state index contributed by atoms with van der Waals surface area (Å²) >= 11 is 1.75. The number of amides is 2. The largest absolute Gasteiger partial charge is 0.323 e. The average Bonchev–Trinajstić information content (AvgIpc) is 3.25. The molecule has 0 unspecified atom stereocenters. The highest BCUT2D eigenvalue weighted by atomic mass is 32.1. The second-order valence-corrected chi connectivity index (χ2v) is 7.05. The molecule has 1 aliphatic heterocycles. The first-order chi connectivity index (χ1) is 11.6. The molecule has 0 saturated heterocycles. The Kier molecular flexibility index (Phi) is 5.32. The molecule has 0 aliphatic carbocycles. The fraction of sp³-hybridized carbons (Fsp3) is 0.412. The van der Waals surface area contributed by atoms with E-state index in [1.807, 2.05) is 35.9 Å². The van der Waals surface area contributed by atoms with Crippen molar-refractivity contribution < 1.29 is 4.79 Å². The number of aromatic nitrogens is 2. The number of likely N-dealkylation sites (N-methyl/N-ethyl adjacent to an activating group) is 1. The lowest BCUT2D eigenvalue weighted by atomic mass is 10.1. The summed E-state index contributed by atoms with van der Waals surface area (Å²) in [5.74, 6) is 0.604. The summed E-state index contributed by atoms with van der Waals surface area (Å²) in [5, 5.41) is 9.36. The van der Waals surface area contributed by atoms with E-state index >= 15 is 0 Å². The van der Waals surface area contributed by atoms with Gasteiger partial charge in [-0.2, -0.15) is 5.10 Å². The van der Waals surface area contributed by atoms with Gasteiger partial charge >= 0.3 is 6.03 Å². The molecule has 3 rings (SSSR count). The van der Waals surface area contributed by atoms with E-state index in [1.54, 1.807) is 11.3 Å². The summed E-state index contributed by atoms with van der Waals surface area (Å²) in [6.07, 6.45) is 4.93. The second kappa shape index (κ2) is 7.63. The molecule has 1 N–H and O–H groups in total. The summed E-state index contributed by atoms with van der Waals surface area (Å²) in [7, 11) is 4.06. The minimum Gasteiger partial charge on any atom is -0.320 e. The van der Waals surface area contributed by atoms with Crippen molar-refractivity contribution in [2.45, 2.75) is 13.0 Å². The third-order valence-electron chi connectivity index (χ3n) is 3.99. The van der Waals surface area contributed by atoms with Crippen LogP contribution in [0, 0.1) is 0 Å². The van der Waals surface area contributed by atoms with Crippen LogP contribution in [0.25, 0.3) is 5.57 Å². The Hall–Kier alpha value is -2.12. The summed E-state index contributed by atoms with van der Waals surface area (Å²) in [6.45, 7) is 3.09. The maximum absolute atomic E-state index is 12.4. The van der Waals surface area contributed by atoms with Gasteiger partial charge in [-0.05, 0) is 37.5 Å². The summed E-state index contributed by atoms with van der Waals surface area (Å²) in [6, 6.07) is 5.94. The predicted octanol–water partition coefficient (Wildman–Crippen LogP) is 2.83. The van der Waals surface area contributed by atoms with E-state index in [0.29, 0.717) is 12.4 Å². The van der Waals surface area contributed by atoms with Gasteiger partial charge in [0.25, 0.3) is 0 Å². The molecule has 0 radical (unpaired) electrons. The van der Waals surface area contributed by atoms with Crippen LogP contribution in [0.3, 0.4) is 0 Å². The third-order valence-corrected chi connectivity index (χ3v) is 4.93. The number of hydrogen-bond acceptors (Lipinski definition) is 4. The van der Waals surface area contributed by atoms with Crippen LogP contribution in [0.4, 0.5) is 10.6 Å². The SMILES string of the molecule is CN(C)CCn1ccc(NC(=O)N2CC=C(c3cccs3)CC2)n1. The predicted molar refractivity (Wildman–Crippen MR) is 98.3 cm³/mol. The number of carbonyl (C=O) groups is 1. The number of nitrogens with zero attached hydrogens (tertiary/aromatic N) is 4. The van der Waals surface area contributed by atoms with Crippen molar-refractivity contribution in [3.8, 4) is 0 Å². The Morgan fingerprint density at radius 1 is 1.42 bits per heavy atom. The Labute approximate surface area is 146 Å². The highest BCUT2D eigenvalue weighted by Gasteiger charge is 2.19. The first-order valence-electron chi connectivity index (χ1n) is 8.09. The average molecular weight is 345 g/mol. The molecule has 0 aromatic carbocycles. The van der Waals surface area contributed by atoms with Crippen molar-refractivity contribution in [1.82, 2.24) is 19.6 Å². The maximum Gasteiger partial charge on any atom is 0.323 e. The van der Waals surface area contributed by atoms with Gasteiger partial charge in [0.1, 0.15) is 0 Å². The number of rotatable bonds is 5. The van der Waals surface area contributed by atoms with Crippen LogP contribution in [-0.4, -0.2) is 59.3 Å². The molecule has 2 aromatic rings. The van der Waals surface area contributed by atoms with Gasteiger partial charge in [-0.3, -0.25) is 10.00 Å². The van der Waals surface area contributed by atoms with Crippen molar-refractivity contribution >= 4 is 28.8 Å². The van der Waals surface area contributed by atoms with Gasteiger partial charge in [0.05, 0.1) is 6.54 Å². The van der Waals surface area contributed by atoms with Crippen molar-refractivity contribution in [3.05, 3.63) is 40.7 Å². The van der Waals surface area contributed by atoms with Gasteiger partial charge in [-0.15, -0.1) is 11.3 Å². The van der Waals surface area contributed by atoms with E-state index in [9.17, 15) is 4.79 Å². The first-order valence-corrected chi connectivity index (χ1v) is 8.97. The number of thiophene rings is 1. The maximum atomic E-state index is 12.4. The van der Waals surface area contributed by atoms with Gasteiger partial charge in [0, 0.05) is 36.8 Å². The zero-order chi connectivity index (χ0) is 16.9. The lowest BCUT2D eigenvalue weighted by Gasteiger charge is -2.26. The molecular formula is C17H23N5OS. The number of urea groups is 1. The lowest BCUT2D eigenvalue weighted by molar-refractivity contribution is 0.217. The summed E-state index contributed by atoms with van der Waals surface area (Å²) in [5.41, 5.74) is 1.34. The molecule has 6 nitrogen and oxygen atoms in total. The smallest absolute Gasteiger partial charge is 0.320 e. The van der Waals surface area contributed by atoms with Crippen LogP contribution in [0.15, 0.2) is 35.9 Å². The van der Waals surface area contributed by atoms with E-state index in [-0.39, 0.29) is 6.03 Å². The highest BCUT2D eigenvalue weighted by Crippen LogP contribution is 2.26. The third kappa shape index (κ3) is 4.24. The second-order valence-electron chi connectivity index (χ2n) is 6.10. The normalized spacial score (nSPS) is 14.8. The molecule has 0 fully saturated rings. The minimum atomic E-state index is -0.0886. The topological polar surface area (TPSA) is 53.4 Å². The van der Waals surface area contributed by atoms with Crippen LogP contribution in [0.2, 0.25) is 0 Å². The first kappa shape index (κ1) is 16.7. The lowest BCUT2D eigenvalue weighted by Crippen LogP contribution is -2.38. The van der Waals surface area contributed by atoms with Crippen LogP contribution >= 0.6 is 11.3 Å². The zero-order valence-electron chi connectivity index (χ0n) is 14.1. The quantitative estimate of drug-likeness (QED) is 0.907. The molecule has 0 atom stereocenters. The van der Waals surface area contributed by atoms with Crippen LogP contribution < -0.4 is 5.32 Å². The van der Waals surface area contributed by atoms with Crippen LogP contribution in [0.1, 0.15) is 11.3 Å². The van der Waals surface area contributed by atoms with Gasteiger partial charge < -0.3 is 9.80 Å². The van der Waals surface area contributed by atoms with Gasteiger partial charge in [0.2, 0.25) is 0 Å². The van der Waals surface area contributed by atoms with Crippen molar-refractivity contribution in [3.63, 3.8) is 0 Å². The Morgan fingerprint density at radius 2 is 2.29 bits per heavy atom. The van der Waals surface area contributed by atoms with E-state index < -0.39 is 0 Å². The number of carbonyl (C=O) groups excluding carboxylic acids is 1. The van der Waals surface area contributed by atoms with Gasteiger partial charge in [0.15, 0.2) is 5.82 Å². The van der Waals surface area contributed by atoms with E-state index in [1.165, 1.54) is 10.5 Å². The molecule has 0 bridgehead atoms. The standard InChI is InChI=1S/C17H23N5OS/c1-20(2)11-12-22-10-7-16(19-22)18-17(23)21-8-5-14(6-9-21)15-4-3-13-24-15/h3-5,7,10,13H,6,8-9,11-12H2,1-2H3,(H,18,19,23). The molecule has 0 saturated carbocycles. The summed E-state index contributed by atoms with van der Waals surface area (Å²) in [4.78, 5) is 17.6. The van der Waals surface area contributed by atoms with E-state index in [4.69, 9.17) is 0 Å². The van der Waals surface area contributed by atoms with Crippen molar-refractivity contribution in [2.24, 2.45) is 0 Å². The summed E-state index contributed by atoms with van der Waals surface area (Å²) < 4.78 is 1.85. The van der Waals surface area contributed by atoms with Crippen molar-refractivity contribution in [1.29, 1.82) is 0 Å². The van der Waals surface area contributed by atoms with Crippen LogP contribution in [-0.2, 0) is 6.54 Å². The molecule has 1 aliphatic rings. The molecule has 7 heteroatoms. The molecule has 2 aromatic heterocycles. The fourth-order valence-corrected chi connectivity index (χ4v) is 3.38. The molecule has 2 amide bonds. The Morgan fingerprint density at radius 3 is 2.96 bits per heavy atom. The Balaban J connectivity index is 1.53. The molecule has 3 heterocycles. The minimum absolute atomic E-state index is 0.0886. The molecule has 24 heavy (non-hydrogen) atoms. The van der Waals surface area contributed by atoms with E-state index in [0.717, 1.165) is 26.1 Å². The highest BCUT2D eigenvalue weighted by molar-refractivity contribution is 7.11. The molecular weight excluding hydrogens is 322 g/mol. The zero-order valence-corrected chi connectivity index (χ0v) is 14.9. The number of nitrogens with one attached hydrogen (secondary N) is 1. The van der Waals surface area contributed by atoms with Crippen LogP contribution in [0.5, 0.6) is 0 Å². The molecule has 128 valence electrons. The molecule has 0 spiro atoms. The van der Waals surface area contributed by atoms with Crippen molar-refractivity contribution in [2.75, 3.05) is 39.0 Å². The monoisotopic (exact) mass is 345 g/mol. The van der Waals surface area contributed by atoms with Gasteiger partial charge in [-0.25, -0.2) is 4.79 Å². The Bertz CT molecular complexity index is 704. The fourth-order valence-electron chi connectivity index (χ4n) is 2.58. The van der Waals surface area contributed by atoms with Gasteiger partial charge in [-0.1, -0.05) is 12.1 Å². The number of hydrogen-bond donors (Lipinski definition) is 1. The van der Waals surface area contributed by atoms with E-state index in [2.05, 4.69) is 38.9 Å². The number of anilines is 1.